The summed E-state index contributed by atoms with van der Waals surface area (Å²) in [5, 5.41) is 0. The SMILES string of the molecule is C=CC1CCC(Cc2ccccc2)O1. The van der Waals surface area contributed by atoms with Gasteiger partial charge in [0.15, 0.2) is 0 Å². The molecule has 1 aromatic rings. The molecule has 74 valence electrons. The average molecular weight is 188 g/mol. The molecule has 0 aromatic heterocycles. The molecule has 1 heteroatoms. The van der Waals surface area contributed by atoms with E-state index in [4.69, 9.17) is 4.74 Å². The fourth-order valence-corrected chi connectivity index (χ4v) is 1.93. The lowest BCUT2D eigenvalue weighted by atomic mass is 10.1. The number of rotatable bonds is 3. The Balaban J connectivity index is 1.90. The van der Waals surface area contributed by atoms with E-state index in [0.29, 0.717) is 6.10 Å². The first-order chi connectivity index (χ1) is 6.88. The average Bonchev–Trinajstić information content (AvgIpc) is 2.67. The normalized spacial score (nSPS) is 26.3. The summed E-state index contributed by atoms with van der Waals surface area (Å²) in [4.78, 5) is 0. The van der Waals surface area contributed by atoms with E-state index < -0.39 is 0 Å². The van der Waals surface area contributed by atoms with E-state index in [-0.39, 0.29) is 6.10 Å². The van der Waals surface area contributed by atoms with Crippen molar-refractivity contribution in [2.24, 2.45) is 0 Å². The highest BCUT2D eigenvalue weighted by Gasteiger charge is 2.22. The zero-order valence-corrected chi connectivity index (χ0v) is 8.36. The van der Waals surface area contributed by atoms with Crippen molar-refractivity contribution in [2.75, 3.05) is 0 Å². The second-order valence-corrected chi connectivity index (χ2v) is 3.80. The Kier molecular flexibility index (Phi) is 3.00. The van der Waals surface area contributed by atoms with Gasteiger partial charge in [-0.3, -0.25) is 0 Å². The van der Waals surface area contributed by atoms with Gasteiger partial charge in [-0.25, -0.2) is 0 Å². The van der Waals surface area contributed by atoms with E-state index in [1.807, 2.05) is 12.1 Å². The summed E-state index contributed by atoms with van der Waals surface area (Å²) < 4.78 is 5.80. The lowest BCUT2D eigenvalue weighted by Crippen LogP contribution is -2.11. The molecule has 1 heterocycles. The predicted octanol–water partition coefficient (Wildman–Crippen LogP) is 2.96. The molecule has 1 saturated heterocycles. The number of benzene rings is 1. The summed E-state index contributed by atoms with van der Waals surface area (Å²) in [7, 11) is 0. The second kappa shape index (κ2) is 4.43. The summed E-state index contributed by atoms with van der Waals surface area (Å²) >= 11 is 0. The third kappa shape index (κ3) is 2.24. The minimum absolute atomic E-state index is 0.281. The topological polar surface area (TPSA) is 9.23 Å². The molecule has 0 aliphatic carbocycles. The highest BCUT2D eigenvalue weighted by Crippen LogP contribution is 2.23. The van der Waals surface area contributed by atoms with Crippen molar-refractivity contribution in [2.45, 2.75) is 31.5 Å². The smallest absolute Gasteiger partial charge is 0.0758 e. The van der Waals surface area contributed by atoms with Crippen molar-refractivity contribution in [1.82, 2.24) is 0 Å². The van der Waals surface area contributed by atoms with Crippen LogP contribution in [-0.4, -0.2) is 12.2 Å². The molecule has 1 fully saturated rings. The van der Waals surface area contributed by atoms with Crippen LogP contribution in [0.2, 0.25) is 0 Å². The lowest BCUT2D eigenvalue weighted by Gasteiger charge is -2.10. The molecule has 1 aliphatic rings. The summed E-state index contributed by atoms with van der Waals surface area (Å²) in [5.41, 5.74) is 1.36. The predicted molar refractivity (Wildman–Crippen MR) is 58.2 cm³/mol. The van der Waals surface area contributed by atoms with Crippen LogP contribution in [0.15, 0.2) is 43.0 Å². The summed E-state index contributed by atoms with van der Waals surface area (Å²) in [6.45, 7) is 3.76. The van der Waals surface area contributed by atoms with Gasteiger partial charge < -0.3 is 4.74 Å². The maximum atomic E-state index is 5.80. The van der Waals surface area contributed by atoms with Crippen LogP contribution >= 0.6 is 0 Å². The van der Waals surface area contributed by atoms with Crippen molar-refractivity contribution in [1.29, 1.82) is 0 Å². The molecule has 1 aromatic carbocycles. The third-order valence-corrected chi connectivity index (χ3v) is 2.71. The Morgan fingerprint density at radius 3 is 2.71 bits per heavy atom. The van der Waals surface area contributed by atoms with Crippen LogP contribution in [0.5, 0.6) is 0 Å². The molecule has 0 spiro atoms. The fourth-order valence-electron chi connectivity index (χ4n) is 1.93. The zero-order chi connectivity index (χ0) is 9.80. The van der Waals surface area contributed by atoms with Crippen LogP contribution in [0.25, 0.3) is 0 Å². The molecule has 0 radical (unpaired) electrons. The molecule has 2 unspecified atom stereocenters. The molecule has 14 heavy (non-hydrogen) atoms. The molecule has 2 rings (SSSR count). The molecule has 0 amide bonds. The Hall–Kier alpha value is -1.08. The van der Waals surface area contributed by atoms with E-state index in [1.165, 1.54) is 5.56 Å². The fraction of sp³-hybridized carbons (Fsp3) is 0.385. The van der Waals surface area contributed by atoms with Crippen LogP contribution < -0.4 is 0 Å². The molecular weight excluding hydrogens is 172 g/mol. The summed E-state index contributed by atoms with van der Waals surface area (Å²) in [5.74, 6) is 0. The highest BCUT2D eigenvalue weighted by atomic mass is 16.5. The molecule has 0 saturated carbocycles. The van der Waals surface area contributed by atoms with Gasteiger partial charge in [0, 0.05) is 0 Å². The molecular formula is C13H16O. The third-order valence-electron chi connectivity index (χ3n) is 2.71. The summed E-state index contributed by atoms with van der Waals surface area (Å²) in [6, 6.07) is 10.5. The minimum Gasteiger partial charge on any atom is -0.371 e. The van der Waals surface area contributed by atoms with Gasteiger partial charge in [-0.2, -0.15) is 0 Å². The van der Waals surface area contributed by atoms with Gasteiger partial charge in [0.2, 0.25) is 0 Å². The van der Waals surface area contributed by atoms with Crippen LogP contribution in [0.1, 0.15) is 18.4 Å². The minimum atomic E-state index is 0.281. The Morgan fingerprint density at radius 1 is 1.29 bits per heavy atom. The molecule has 2 atom stereocenters. The van der Waals surface area contributed by atoms with Crippen LogP contribution in [0, 0.1) is 0 Å². The quantitative estimate of drug-likeness (QED) is 0.663. The summed E-state index contributed by atoms with van der Waals surface area (Å²) in [6.07, 6.45) is 5.90. The Labute approximate surface area is 85.4 Å². The first-order valence-corrected chi connectivity index (χ1v) is 5.20. The van der Waals surface area contributed by atoms with Gasteiger partial charge in [-0.15, -0.1) is 6.58 Å². The largest absolute Gasteiger partial charge is 0.371 e. The lowest BCUT2D eigenvalue weighted by molar-refractivity contribution is 0.0718. The van der Waals surface area contributed by atoms with Crippen LogP contribution in [0.3, 0.4) is 0 Å². The molecule has 0 N–H and O–H groups in total. The van der Waals surface area contributed by atoms with Gasteiger partial charge in [-0.1, -0.05) is 36.4 Å². The Bertz CT molecular complexity index is 291. The van der Waals surface area contributed by atoms with Crippen LogP contribution in [0.4, 0.5) is 0 Å². The maximum Gasteiger partial charge on any atom is 0.0758 e. The highest BCUT2D eigenvalue weighted by molar-refractivity contribution is 5.15. The van der Waals surface area contributed by atoms with E-state index in [0.717, 1.165) is 19.3 Å². The van der Waals surface area contributed by atoms with Crippen molar-refractivity contribution < 1.29 is 4.74 Å². The molecule has 1 nitrogen and oxygen atoms in total. The van der Waals surface area contributed by atoms with Gasteiger partial charge in [0.05, 0.1) is 12.2 Å². The van der Waals surface area contributed by atoms with Crippen molar-refractivity contribution >= 4 is 0 Å². The maximum absolute atomic E-state index is 5.80. The Morgan fingerprint density at radius 2 is 2.07 bits per heavy atom. The molecule has 0 bridgehead atoms. The molecule has 1 aliphatic heterocycles. The van der Waals surface area contributed by atoms with Crippen LogP contribution in [-0.2, 0) is 11.2 Å². The number of hydrogen-bond donors (Lipinski definition) is 0. The van der Waals surface area contributed by atoms with Gasteiger partial charge >= 0.3 is 0 Å². The first kappa shape index (κ1) is 9.47. The monoisotopic (exact) mass is 188 g/mol. The van der Waals surface area contributed by atoms with Crippen molar-refractivity contribution in [3.8, 4) is 0 Å². The van der Waals surface area contributed by atoms with Crippen molar-refractivity contribution in [3.05, 3.63) is 48.6 Å². The first-order valence-electron chi connectivity index (χ1n) is 5.20. The van der Waals surface area contributed by atoms with E-state index in [9.17, 15) is 0 Å². The number of ether oxygens (including phenoxy) is 1. The van der Waals surface area contributed by atoms with Gasteiger partial charge in [0.1, 0.15) is 0 Å². The second-order valence-electron chi connectivity index (χ2n) is 3.80. The number of hydrogen-bond acceptors (Lipinski definition) is 1. The van der Waals surface area contributed by atoms with E-state index in [2.05, 4.69) is 30.8 Å². The standard InChI is InChI=1S/C13H16O/c1-2-12-8-9-13(14-12)10-11-6-4-3-5-7-11/h2-7,12-13H,1,8-10H2. The van der Waals surface area contributed by atoms with Gasteiger partial charge in [-0.05, 0) is 24.8 Å². The van der Waals surface area contributed by atoms with Gasteiger partial charge in [0.25, 0.3) is 0 Å². The zero-order valence-electron chi connectivity index (χ0n) is 8.36. The van der Waals surface area contributed by atoms with Crippen molar-refractivity contribution in [3.63, 3.8) is 0 Å². The van der Waals surface area contributed by atoms with E-state index >= 15 is 0 Å². The van der Waals surface area contributed by atoms with E-state index in [1.54, 1.807) is 0 Å².